The van der Waals surface area contributed by atoms with Crippen LogP contribution in [0.3, 0.4) is 0 Å². The van der Waals surface area contributed by atoms with Crippen molar-refractivity contribution in [3.05, 3.63) is 101 Å². The summed E-state index contributed by atoms with van der Waals surface area (Å²) in [5.41, 5.74) is 2.91. The maximum absolute atomic E-state index is 13.3. The summed E-state index contributed by atoms with van der Waals surface area (Å²) in [7, 11) is 1.62. The van der Waals surface area contributed by atoms with Gasteiger partial charge in [0.25, 0.3) is 0 Å². The number of methoxy groups -OCH3 is 1. The molecule has 1 atom stereocenters. The lowest BCUT2D eigenvalue weighted by atomic mass is 10.1. The smallest absolute Gasteiger partial charge is 0.242 e. The molecular formula is C28H31FN2O3. The number of carbonyl (C=O) groups excluding carboxylic acids is 2. The first-order chi connectivity index (χ1) is 16.5. The molecular weight excluding hydrogens is 431 g/mol. The molecule has 0 aliphatic heterocycles. The van der Waals surface area contributed by atoms with Crippen LogP contribution in [0.4, 0.5) is 4.39 Å². The summed E-state index contributed by atoms with van der Waals surface area (Å²) >= 11 is 0. The molecule has 2 amide bonds. The monoisotopic (exact) mass is 462 g/mol. The van der Waals surface area contributed by atoms with Gasteiger partial charge < -0.3 is 15.0 Å². The normalized spacial score (nSPS) is 11.5. The van der Waals surface area contributed by atoms with Gasteiger partial charge in [0.05, 0.1) is 7.11 Å². The predicted molar refractivity (Wildman–Crippen MR) is 131 cm³/mol. The average molecular weight is 463 g/mol. The van der Waals surface area contributed by atoms with Gasteiger partial charge in [-0.3, -0.25) is 9.59 Å². The highest BCUT2D eigenvalue weighted by Crippen LogP contribution is 2.14. The van der Waals surface area contributed by atoms with Crippen molar-refractivity contribution in [2.75, 3.05) is 13.7 Å². The zero-order valence-electron chi connectivity index (χ0n) is 19.7. The van der Waals surface area contributed by atoms with Gasteiger partial charge in [0.15, 0.2) is 0 Å². The minimum Gasteiger partial charge on any atom is -0.497 e. The summed E-state index contributed by atoms with van der Waals surface area (Å²) in [4.78, 5) is 27.6. The summed E-state index contributed by atoms with van der Waals surface area (Å²) in [5.74, 6) is 0.108. The Morgan fingerprint density at radius 2 is 1.50 bits per heavy atom. The summed E-state index contributed by atoms with van der Waals surface area (Å²) < 4.78 is 18.5. The Labute approximate surface area is 200 Å². The quantitative estimate of drug-likeness (QED) is 0.455. The number of carbonyl (C=O) groups is 2. The number of benzene rings is 3. The molecule has 3 rings (SSSR count). The van der Waals surface area contributed by atoms with Gasteiger partial charge in [0.2, 0.25) is 11.8 Å². The topological polar surface area (TPSA) is 58.6 Å². The van der Waals surface area contributed by atoms with E-state index in [9.17, 15) is 14.0 Å². The number of halogens is 1. The van der Waals surface area contributed by atoms with E-state index in [4.69, 9.17) is 4.74 Å². The van der Waals surface area contributed by atoms with E-state index in [1.165, 1.54) is 12.1 Å². The second kappa shape index (κ2) is 12.5. The van der Waals surface area contributed by atoms with Crippen LogP contribution >= 0.6 is 0 Å². The molecule has 0 aliphatic rings. The van der Waals surface area contributed by atoms with Crippen molar-refractivity contribution < 1.29 is 18.7 Å². The Morgan fingerprint density at radius 3 is 2.15 bits per heavy atom. The summed E-state index contributed by atoms with van der Waals surface area (Å²) in [6.45, 7) is 2.42. The largest absolute Gasteiger partial charge is 0.497 e. The van der Waals surface area contributed by atoms with Crippen molar-refractivity contribution in [2.24, 2.45) is 0 Å². The molecule has 0 unspecified atom stereocenters. The molecule has 0 fully saturated rings. The average Bonchev–Trinajstić information content (AvgIpc) is 2.87. The second-order valence-corrected chi connectivity index (χ2v) is 8.20. The Morgan fingerprint density at radius 1 is 0.882 bits per heavy atom. The van der Waals surface area contributed by atoms with Crippen LogP contribution in [0.5, 0.6) is 5.75 Å². The molecule has 0 aliphatic carbocycles. The molecule has 6 heteroatoms. The molecule has 5 nitrogen and oxygen atoms in total. The molecule has 3 aromatic carbocycles. The van der Waals surface area contributed by atoms with Crippen LogP contribution in [0.1, 0.15) is 30.0 Å². The van der Waals surface area contributed by atoms with Crippen molar-refractivity contribution in [3.8, 4) is 5.75 Å². The summed E-state index contributed by atoms with van der Waals surface area (Å²) in [5, 5.41) is 2.94. The highest BCUT2D eigenvalue weighted by Gasteiger charge is 2.25. The molecule has 0 aromatic heterocycles. The third kappa shape index (κ3) is 7.44. The molecule has 178 valence electrons. The van der Waals surface area contributed by atoms with E-state index in [0.717, 1.165) is 22.4 Å². The lowest BCUT2D eigenvalue weighted by molar-refractivity contribution is -0.140. The molecule has 34 heavy (non-hydrogen) atoms. The van der Waals surface area contributed by atoms with Gasteiger partial charge >= 0.3 is 0 Å². The van der Waals surface area contributed by atoms with Crippen molar-refractivity contribution in [1.82, 2.24) is 10.2 Å². The van der Waals surface area contributed by atoms with Crippen molar-refractivity contribution in [1.29, 1.82) is 0 Å². The molecule has 0 saturated carbocycles. The molecule has 3 aromatic rings. The van der Waals surface area contributed by atoms with Gasteiger partial charge in [-0.15, -0.1) is 0 Å². The van der Waals surface area contributed by atoms with Crippen LogP contribution in [0.2, 0.25) is 0 Å². The fraction of sp³-hybridized carbons (Fsp3) is 0.286. The lowest BCUT2D eigenvalue weighted by Gasteiger charge is -2.29. The standard InChI is InChI=1S/C28H31FN2O3/c1-21(28(33)30-19-18-23-10-15-26(34-2)16-11-23)31(20-24-8-13-25(29)14-9-24)27(32)17-12-22-6-4-3-5-7-22/h3-11,13-16,21H,12,17-20H2,1-2H3,(H,30,33)/t21-/m1/s1. The van der Waals surface area contributed by atoms with Crippen LogP contribution in [-0.2, 0) is 29.0 Å². The Balaban J connectivity index is 1.62. The van der Waals surface area contributed by atoms with Gasteiger partial charge in [-0.05, 0) is 60.7 Å². The predicted octanol–water partition coefficient (Wildman–Crippen LogP) is 4.54. The van der Waals surface area contributed by atoms with Crippen molar-refractivity contribution in [3.63, 3.8) is 0 Å². The molecule has 0 radical (unpaired) electrons. The van der Waals surface area contributed by atoms with E-state index in [0.29, 0.717) is 19.4 Å². The maximum atomic E-state index is 13.3. The minimum atomic E-state index is -0.663. The van der Waals surface area contributed by atoms with E-state index in [-0.39, 0.29) is 30.6 Å². The van der Waals surface area contributed by atoms with Gasteiger partial charge in [-0.1, -0.05) is 54.6 Å². The number of hydrogen-bond acceptors (Lipinski definition) is 3. The Bertz CT molecular complexity index is 1050. The molecule has 0 spiro atoms. The van der Waals surface area contributed by atoms with Gasteiger partial charge in [0.1, 0.15) is 17.6 Å². The second-order valence-electron chi connectivity index (χ2n) is 8.20. The van der Waals surface area contributed by atoms with Crippen LogP contribution < -0.4 is 10.1 Å². The van der Waals surface area contributed by atoms with Crippen LogP contribution in [0.15, 0.2) is 78.9 Å². The van der Waals surface area contributed by atoms with E-state index >= 15 is 0 Å². The third-order valence-corrected chi connectivity index (χ3v) is 5.78. The third-order valence-electron chi connectivity index (χ3n) is 5.78. The fourth-order valence-electron chi connectivity index (χ4n) is 3.68. The minimum absolute atomic E-state index is 0.119. The van der Waals surface area contributed by atoms with Crippen LogP contribution in [-0.4, -0.2) is 36.4 Å². The molecule has 0 saturated heterocycles. The number of aryl methyl sites for hydroxylation is 1. The Hall–Kier alpha value is -3.67. The van der Waals surface area contributed by atoms with E-state index in [2.05, 4.69) is 5.32 Å². The van der Waals surface area contributed by atoms with Crippen molar-refractivity contribution >= 4 is 11.8 Å². The number of hydrogen-bond donors (Lipinski definition) is 1. The first-order valence-electron chi connectivity index (χ1n) is 11.4. The van der Waals surface area contributed by atoms with Gasteiger partial charge in [0, 0.05) is 19.5 Å². The molecule has 0 bridgehead atoms. The highest BCUT2D eigenvalue weighted by atomic mass is 19.1. The van der Waals surface area contributed by atoms with Gasteiger partial charge in [-0.2, -0.15) is 0 Å². The van der Waals surface area contributed by atoms with E-state index in [1.807, 2.05) is 54.6 Å². The first-order valence-corrected chi connectivity index (χ1v) is 11.4. The number of nitrogens with zero attached hydrogens (tertiary/aromatic N) is 1. The van der Waals surface area contributed by atoms with E-state index < -0.39 is 6.04 Å². The van der Waals surface area contributed by atoms with Crippen LogP contribution in [0.25, 0.3) is 0 Å². The number of ether oxygens (including phenoxy) is 1. The van der Waals surface area contributed by atoms with Crippen molar-refractivity contribution in [2.45, 2.75) is 38.8 Å². The lowest BCUT2D eigenvalue weighted by Crippen LogP contribution is -2.48. The molecule has 1 N–H and O–H groups in total. The number of amides is 2. The summed E-state index contributed by atoms with van der Waals surface area (Å²) in [6, 6.07) is 22.8. The molecule has 0 heterocycles. The highest BCUT2D eigenvalue weighted by molar-refractivity contribution is 5.87. The maximum Gasteiger partial charge on any atom is 0.242 e. The number of rotatable bonds is 11. The fourth-order valence-corrected chi connectivity index (χ4v) is 3.68. The number of nitrogens with one attached hydrogen (secondary N) is 1. The summed E-state index contributed by atoms with van der Waals surface area (Å²) in [6.07, 6.45) is 1.54. The van der Waals surface area contributed by atoms with E-state index in [1.54, 1.807) is 31.1 Å². The van der Waals surface area contributed by atoms with Crippen LogP contribution in [0, 0.1) is 5.82 Å². The first kappa shape index (κ1) is 25.0. The zero-order chi connectivity index (χ0) is 24.3. The van der Waals surface area contributed by atoms with Gasteiger partial charge in [-0.25, -0.2) is 4.39 Å². The zero-order valence-corrected chi connectivity index (χ0v) is 19.7. The SMILES string of the molecule is COc1ccc(CCNC(=O)[C@@H](C)N(Cc2ccc(F)cc2)C(=O)CCc2ccccc2)cc1. The Kier molecular flexibility index (Phi) is 9.21.